The van der Waals surface area contributed by atoms with Crippen molar-refractivity contribution in [2.24, 2.45) is 5.92 Å². The van der Waals surface area contributed by atoms with Crippen LogP contribution in [0.5, 0.6) is 0 Å². The highest BCUT2D eigenvalue weighted by molar-refractivity contribution is 14.1. The lowest BCUT2D eigenvalue weighted by molar-refractivity contribution is -0.142. The predicted octanol–water partition coefficient (Wildman–Crippen LogP) is 3.72. The van der Waals surface area contributed by atoms with Crippen LogP contribution in [0, 0.1) is 21.1 Å². The Balaban J connectivity index is 1.66. The zero-order valence-corrected chi connectivity index (χ0v) is 25.7. The first-order valence-corrected chi connectivity index (χ1v) is 15.0. The average Bonchev–Trinajstić information content (AvgIpc) is 2.86. The summed E-state index contributed by atoms with van der Waals surface area (Å²) in [6.07, 6.45) is 0.964. The quantitative estimate of drug-likeness (QED) is 0.267. The molecule has 0 aromatic heterocycles. The highest BCUT2D eigenvalue weighted by atomic mass is 127. The fraction of sp³-hybridized carbons (Fsp3) is 0.533. The maximum absolute atomic E-state index is 13.9. The molecular weight excluding hydrogens is 629 g/mol. The fourth-order valence-corrected chi connectivity index (χ4v) is 5.69. The van der Waals surface area contributed by atoms with Crippen molar-refractivity contribution in [3.8, 4) is 0 Å². The number of rotatable bonds is 14. The van der Waals surface area contributed by atoms with Gasteiger partial charge in [-0.15, -0.1) is 0 Å². The second-order valence-electron chi connectivity index (χ2n) is 10.9. The van der Waals surface area contributed by atoms with Crippen LogP contribution >= 0.6 is 22.6 Å². The first-order valence-electron chi connectivity index (χ1n) is 13.9. The summed E-state index contributed by atoms with van der Waals surface area (Å²) in [6, 6.07) is 10.4. The Hall–Kier alpha value is -2.15. The molecule has 10 heteroatoms. The van der Waals surface area contributed by atoms with Crippen molar-refractivity contribution in [2.45, 2.75) is 64.8 Å². The normalized spacial score (nSPS) is 17.8. The van der Waals surface area contributed by atoms with Crippen molar-refractivity contribution in [2.75, 3.05) is 32.7 Å². The predicted molar refractivity (Wildman–Crippen MR) is 161 cm³/mol. The van der Waals surface area contributed by atoms with Gasteiger partial charge in [-0.25, -0.2) is 8.78 Å². The third-order valence-electron chi connectivity index (χ3n) is 7.17. The number of nitrogens with zero attached hydrogens (tertiary/aromatic N) is 2. The number of hydrogen-bond acceptors (Lipinski definition) is 5. The lowest BCUT2D eigenvalue weighted by atomic mass is 9.98. The van der Waals surface area contributed by atoms with E-state index in [1.807, 2.05) is 34.1 Å². The van der Waals surface area contributed by atoms with Crippen LogP contribution in [0.3, 0.4) is 0 Å². The maximum Gasteiger partial charge on any atom is 0.237 e. The lowest BCUT2D eigenvalue weighted by Crippen LogP contribution is -2.60. The number of unbranched alkanes of at least 4 members (excludes halogenated alkanes) is 1. The number of benzene rings is 2. The van der Waals surface area contributed by atoms with E-state index in [2.05, 4.69) is 54.0 Å². The van der Waals surface area contributed by atoms with Gasteiger partial charge in [0.2, 0.25) is 11.8 Å². The molecule has 0 bridgehead atoms. The number of carbonyl (C=O) groups is 2. The molecule has 0 aliphatic carbocycles. The molecule has 3 rings (SSSR count). The molecule has 1 aliphatic rings. The van der Waals surface area contributed by atoms with Crippen molar-refractivity contribution >= 4 is 34.4 Å². The molecule has 1 heterocycles. The largest absolute Gasteiger partial charge is 0.390 e. The maximum atomic E-state index is 13.9. The molecule has 3 atom stereocenters. The van der Waals surface area contributed by atoms with Crippen molar-refractivity contribution in [3.05, 3.63) is 68.8 Å². The van der Waals surface area contributed by atoms with Crippen LogP contribution in [0.25, 0.3) is 0 Å². The van der Waals surface area contributed by atoms with Gasteiger partial charge in [0.05, 0.1) is 25.2 Å². The van der Waals surface area contributed by atoms with E-state index in [4.69, 9.17) is 0 Å². The van der Waals surface area contributed by atoms with E-state index in [0.29, 0.717) is 25.2 Å². The summed E-state index contributed by atoms with van der Waals surface area (Å²) in [5.41, 5.74) is 1.38. The van der Waals surface area contributed by atoms with E-state index >= 15 is 0 Å². The summed E-state index contributed by atoms with van der Waals surface area (Å²) < 4.78 is 28.9. The van der Waals surface area contributed by atoms with Crippen LogP contribution in [-0.4, -0.2) is 77.6 Å². The number of halogens is 3. The smallest absolute Gasteiger partial charge is 0.237 e. The highest BCUT2D eigenvalue weighted by Gasteiger charge is 2.35. The summed E-state index contributed by atoms with van der Waals surface area (Å²) in [4.78, 5) is 29.9. The summed E-state index contributed by atoms with van der Waals surface area (Å²) in [5.74, 6) is -1.53. The molecule has 2 amide bonds. The first-order chi connectivity index (χ1) is 19.0. The summed E-state index contributed by atoms with van der Waals surface area (Å²) in [5, 5.41) is 17.1. The van der Waals surface area contributed by atoms with Gasteiger partial charge in [0.15, 0.2) is 0 Å². The van der Waals surface area contributed by atoms with Crippen LogP contribution < -0.4 is 10.6 Å². The van der Waals surface area contributed by atoms with Crippen LogP contribution in [0.1, 0.15) is 44.7 Å². The van der Waals surface area contributed by atoms with Gasteiger partial charge in [0.25, 0.3) is 0 Å². The molecule has 1 saturated heterocycles. The third-order valence-corrected chi connectivity index (χ3v) is 7.85. The van der Waals surface area contributed by atoms with Gasteiger partial charge in [-0.2, -0.15) is 0 Å². The third kappa shape index (κ3) is 10.0. The van der Waals surface area contributed by atoms with Crippen LogP contribution in [0.2, 0.25) is 0 Å². The van der Waals surface area contributed by atoms with E-state index in [9.17, 15) is 23.5 Å². The second kappa shape index (κ2) is 15.7. The zero-order valence-electron chi connectivity index (χ0n) is 23.5. The number of nitrogens with one attached hydrogen (secondary N) is 2. The van der Waals surface area contributed by atoms with Crippen molar-refractivity contribution in [1.29, 1.82) is 0 Å². The minimum absolute atomic E-state index is 0.00676. The summed E-state index contributed by atoms with van der Waals surface area (Å²) in [7, 11) is 0. The van der Waals surface area contributed by atoms with E-state index in [1.54, 1.807) is 0 Å². The van der Waals surface area contributed by atoms with E-state index in [0.717, 1.165) is 28.0 Å². The average molecular weight is 671 g/mol. The first kappa shape index (κ1) is 32.4. The van der Waals surface area contributed by atoms with E-state index in [1.165, 1.54) is 12.1 Å². The highest BCUT2D eigenvalue weighted by Crippen LogP contribution is 2.19. The van der Waals surface area contributed by atoms with Crippen LogP contribution in [0.4, 0.5) is 8.78 Å². The molecule has 7 nitrogen and oxygen atoms in total. The molecule has 1 fully saturated rings. The Morgan fingerprint density at radius 1 is 1.15 bits per heavy atom. The van der Waals surface area contributed by atoms with Gasteiger partial charge in [0.1, 0.15) is 11.6 Å². The number of hydrogen-bond donors (Lipinski definition) is 3. The van der Waals surface area contributed by atoms with Gasteiger partial charge >= 0.3 is 0 Å². The number of piperazine rings is 1. The Morgan fingerprint density at radius 3 is 2.52 bits per heavy atom. The molecule has 2 aromatic rings. The molecular formula is C30H41F2IN4O3. The second-order valence-corrected chi connectivity index (χ2v) is 12.2. The molecule has 220 valence electrons. The van der Waals surface area contributed by atoms with Gasteiger partial charge in [-0.1, -0.05) is 39.3 Å². The minimum atomic E-state index is -1.02. The topological polar surface area (TPSA) is 84.9 Å². The Kier molecular flexibility index (Phi) is 12.7. The van der Waals surface area contributed by atoms with Gasteiger partial charge < -0.3 is 20.6 Å². The standard InChI is InChI=1S/C30H41F2IN4O3/c1-4-5-9-37-27(20(2)3)17-36(19-30(37)40)18-29(39)35-26(13-22-10-23(31)14-24(32)11-22)28(38)16-34-15-21-7-6-8-25(33)12-21/h6-8,10-12,14,20,26-28,34,38H,4-5,9,13,15-19H2,1-3H3,(H,35,39)/t26-,27+,28-/m0/s1. The molecule has 0 unspecified atom stereocenters. The molecule has 1 aliphatic heterocycles. The molecule has 0 radical (unpaired) electrons. The fourth-order valence-electron chi connectivity index (χ4n) is 5.08. The Labute approximate surface area is 249 Å². The van der Waals surface area contributed by atoms with Gasteiger partial charge in [-0.05, 0) is 76.7 Å². The van der Waals surface area contributed by atoms with Crippen molar-refractivity contribution < 1.29 is 23.5 Å². The van der Waals surface area contributed by atoms with Crippen molar-refractivity contribution in [1.82, 2.24) is 20.4 Å². The van der Waals surface area contributed by atoms with E-state index in [-0.39, 0.29) is 49.8 Å². The lowest BCUT2D eigenvalue weighted by Gasteiger charge is -2.43. The molecule has 40 heavy (non-hydrogen) atoms. The number of aliphatic hydroxyl groups is 1. The monoisotopic (exact) mass is 670 g/mol. The number of amides is 2. The summed E-state index contributed by atoms with van der Waals surface area (Å²) >= 11 is 2.23. The van der Waals surface area contributed by atoms with Gasteiger partial charge in [-0.3, -0.25) is 14.5 Å². The summed E-state index contributed by atoms with van der Waals surface area (Å²) in [6.45, 7) is 8.38. The number of aliphatic hydroxyl groups excluding tert-OH is 1. The van der Waals surface area contributed by atoms with Crippen molar-refractivity contribution in [3.63, 3.8) is 0 Å². The van der Waals surface area contributed by atoms with E-state index < -0.39 is 23.8 Å². The molecule has 0 spiro atoms. The molecule has 3 N–H and O–H groups in total. The minimum Gasteiger partial charge on any atom is -0.390 e. The molecule has 0 saturated carbocycles. The molecule has 2 aromatic carbocycles. The van der Waals surface area contributed by atoms with Crippen LogP contribution in [0.15, 0.2) is 42.5 Å². The Bertz CT molecular complexity index is 1120. The Morgan fingerprint density at radius 2 is 1.88 bits per heavy atom. The van der Waals surface area contributed by atoms with Crippen LogP contribution in [-0.2, 0) is 22.6 Å². The zero-order chi connectivity index (χ0) is 29.2. The van der Waals surface area contributed by atoms with Gasteiger partial charge in [0, 0.05) is 41.9 Å². The number of carbonyl (C=O) groups excluding carboxylic acids is 2. The SMILES string of the molecule is CCCCN1C(=O)CN(CC(=O)N[C@@H](Cc2cc(F)cc(F)c2)[C@@H](O)CNCc2cccc(I)c2)C[C@@H]1C(C)C.